The maximum Gasteiger partial charge on any atom is 0.290 e. The minimum Gasteiger partial charge on any atom is -0.457 e. The van der Waals surface area contributed by atoms with Gasteiger partial charge < -0.3 is 4.74 Å². The van der Waals surface area contributed by atoms with Crippen LogP contribution in [0.2, 0.25) is 0 Å². The third kappa shape index (κ3) is 5.19. The minimum absolute atomic E-state index is 0.120. The maximum absolute atomic E-state index is 12.6. The van der Waals surface area contributed by atoms with Crippen molar-refractivity contribution in [1.82, 2.24) is 5.32 Å². The fourth-order valence-corrected chi connectivity index (χ4v) is 4.60. The molecule has 2 N–H and O–H groups in total. The Bertz CT molecular complexity index is 1300. The number of ether oxygens (including phenoxy) is 1. The number of carbonyl (C=O) groups excluding carboxylic acids is 2. The highest BCUT2D eigenvalue weighted by Gasteiger charge is 2.24. The minimum atomic E-state index is -3.71. The third-order valence-electron chi connectivity index (χ3n) is 4.49. The van der Waals surface area contributed by atoms with Crippen LogP contribution in [0.4, 0.5) is 10.5 Å². The van der Waals surface area contributed by atoms with Gasteiger partial charge in [0.1, 0.15) is 11.5 Å². The van der Waals surface area contributed by atoms with Crippen molar-refractivity contribution in [2.45, 2.75) is 11.8 Å². The molecule has 1 fully saturated rings. The Labute approximate surface area is 189 Å². The van der Waals surface area contributed by atoms with Gasteiger partial charge in [0.25, 0.3) is 21.2 Å². The Morgan fingerprint density at radius 3 is 2.03 bits per heavy atom. The molecule has 0 atom stereocenters. The summed E-state index contributed by atoms with van der Waals surface area (Å²) in [6.07, 6.45) is 1.62. The number of amides is 2. The summed E-state index contributed by atoms with van der Waals surface area (Å²) in [5.74, 6) is 0.606. The smallest absolute Gasteiger partial charge is 0.290 e. The molecule has 3 aromatic rings. The van der Waals surface area contributed by atoms with E-state index in [0.29, 0.717) is 22.1 Å². The number of hydrogen-bond donors (Lipinski definition) is 2. The lowest BCUT2D eigenvalue weighted by molar-refractivity contribution is -0.115. The number of carbonyl (C=O) groups is 2. The predicted octanol–water partition coefficient (Wildman–Crippen LogP) is 4.91. The van der Waals surface area contributed by atoms with Crippen molar-refractivity contribution < 1.29 is 22.7 Å². The monoisotopic (exact) mass is 466 g/mol. The summed E-state index contributed by atoms with van der Waals surface area (Å²) >= 11 is 0.856. The lowest BCUT2D eigenvalue weighted by Gasteiger charge is -2.10. The number of benzene rings is 3. The normalized spacial score (nSPS) is 15.0. The van der Waals surface area contributed by atoms with Gasteiger partial charge in [-0.05, 0) is 78.9 Å². The SMILES string of the molecule is Cc1ccc(NS(=O)(=O)c2ccc(Oc3ccc(C=C4SC(=O)NC4=O)cc3)cc2)cc1. The van der Waals surface area contributed by atoms with Crippen molar-refractivity contribution in [3.63, 3.8) is 0 Å². The second-order valence-corrected chi connectivity index (χ2v) is 9.66. The van der Waals surface area contributed by atoms with Gasteiger partial charge in [-0.1, -0.05) is 29.8 Å². The number of anilines is 1. The summed E-state index contributed by atoms with van der Waals surface area (Å²) in [6, 6.07) is 20.1. The van der Waals surface area contributed by atoms with Gasteiger partial charge in [0, 0.05) is 5.69 Å². The summed E-state index contributed by atoms with van der Waals surface area (Å²) in [5.41, 5.74) is 2.27. The van der Waals surface area contributed by atoms with Crippen LogP contribution in [0.25, 0.3) is 6.08 Å². The van der Waals surface area contributed by atoms with E-state index >= 15 is 0 Å². The molecule has 0 radical (unpaired) electrons. The standard InChI is InChI=1S/C23H18N2O5S2/c1-15-2-6-17(7-3-15)25-32(28,29)20-12-10-19(11-13-20)30-18-8-4-16(5-9-18)14-21-22(26)24-23(27)31-21/h2-14,25H,1H3,(H,24,26,27). The highest BCUT2D eigenvalue weighted by molar-refractivity contribution is 8.18. The molecule has 1 saturated heterocycles. The quantitative estimate of drug-likeness (QED) is 0.501. The molecule has 0 bridgehead atoms. The van der Waals surface area contributed by atoms with Gasteiger partial charge in [0.15, 0.2) is 0 Å². The molecule has 32 heavy (non-hydrogen) atoms. The molecule has 0 spiro atoms. The Balaban J connectivity index is 1.42. The van der Waals surface area contributed by atoms with Crippen LogP contribution in [0.3, 0.4) is 0 Å². The summed E-state index contributed by atoms with van der Waals surface area (Å²) < 4.78 is 33.5. The van der Waals surface area contributed by atoms with E-state index in [-0.39, 0.29) is 10.1 Å². The Hall–Kier alpha value is -3.56. The van der Waals surface area contributed by atoms with Gasteiger partial charge in [0.05, 0.1) is 9.80 Å². The van der Waals surface area contributed by atoms with Crippen molar-refractivity contribution in [3.05, 3.63) is 88.8 Å². The van der Waals surface area contributed by atoms with Crippen LogP contribution in [0.5, 0.6) is 11.5 Å². The molecule has 9 heteroatoms. The molecular weight excluding hydrogens is 448 g/mol. The number of nitrogens with one attached hydrogen (secondary N) is 2. The zero-order chi connectivity index (χ0) is 22.7. The number of aryl methyl sites for hydroxylation is 1. The molecule has 2 amide bonds. The number of thioether (sulfide) groups is 1. The van der Waals surface area contributed by atoms with E-state index < -0.39 is 15.9 Å². The second kappa shape index (κ2) is 8.89. The van der Waals surface area contributed by atoms with E-state index in [1.807, 2.05) is 19.1 Å². The van der Waals surface area contributed by atoms with Gasteiger partial charge in [0.2, 0.25) is 0 Å². The van der Waals surface area contributed by atoms with E-state index in [1.165, 1.54) is 12.1 Å². The second-order valence-electron chi connectivity index (χ2n) is 6.97. The van der Waals surface area contributed by atoms with Crippen molar-refractivity contribution in [2.75, 3.05) is 4.72 Å². The summed E-state index contributed by atoms with van der Waals surface area (Å²) in [6.45, 7) is 1.93. The van der Waals surface area contributed by atoms with E-state index in [0.717, 1.165) is 22.9 Å². The van der Waals surface area contributed by atoms with Crippen LogP contribution in [-0.4, -0.2) is 19.6 Å². The molecule has 1 aliphatic rings. The number of hydrogen-bond acceptors (Lipinski definition) is 6. The van der Waals surface area contributed by atoms with Crippen LogP contribution in [-0.2, 0) is 14.8 Å². The van der Waals surface area contributed by atoms with E-state index in [1.54, 1.807) is 54.6 Å². The van der Waals surface area contributed by atoms with E-state index in [9.17, 15) is 18.0 Å². The first-order valence-electron chi connectivity index (χ1n) is 9.51. The Kier molecular flexibility index (Phi) is 6.02. The average molecular weight is 467 g/mol. The van der Waals surface area contributed by atoms with Crippen LogP contribution in [0, 0.1) is 6.92 Å². The number of rotatable bonds is 6. The number of imide groups is 1. The average Bonchev–Trinajstić information content (AvgIpc) is 3.08. The lowest BCUT2D eigenvalue weighted by atomic mass is 10.2. The van der Waals surface area contributed by atoms with Crippen molar-refractivity contribution in [1.29, 1.82) is 0 Å². The highest BCUT2D eigenvalue weighted by Crippen LogP contribution is 2.28. The Morgan fingerprint density at radius 2 is 1.47 bits per heavy atom. The van der Waals surface area contributed by atoms with Crippen LogP contribution in [0.15, 0.2) is 82.6 Å². The van der Waals surface area contributed by atoms with Gasteiger partial charge >= 0.3 is 0 Å². The molecular formula is C23H18N2O5S2. The molecule has 7 nitrogen and oxygen atoms in total. The largest absolute Gasteiger partial charge is 0.457 e. The summed E-state index contributed by atoms with van der Waals surface area (Å²) in [7, 11) is -3.71. The molecule has 0 aromatic heterocycles. The zero-order valence-corrected chi connectivity index (χ0v) is 18.5. The molecule has 0 unspecified atom stereocenters. The third-order valence-corrected chi connectivity index (χ3v) is 6.70. The molecule has 162 valence electrons. The fourth-order valence-electron chi connectivity index (χ4n) is 2.86. The lowest BCUT2D eigenvalue weighted by Crippen LogP contribution is -2.17. The van der Waals surface area contributed by atoms with E-state index in [2.05, 4.69) is 10.0 Å². The van der Waals surface area contributed by atoms with Crippen LogP contribution < -0.4 is 14.8 Å². The van der Waals surface area contributed by atoms with Crippen LogP contribution >= 0.6 is 11.8 Å². The summed E-state index contributed by atoms with van der Waals surface area (Å²) in [5, 5.41) is 1.82. The molecule has 3 aromatic carbocycles. The van der Waals surface area contributed by atoms with Crippen molar-refractivity contribution >= 4 is 44.7 Å². The first-order chi connectivity index (χ1) is 15.3. The predicted molar refractivity (Wildman–Crippen MR) is 124 cm³/mol. The highest BCUT2D eigenvalue weighted by atomic mass is 32.2. The molecule has 4 rings (SSSR count). The van der Waals surface area contributed by atoms with Gasteiger partial charge in [-0.3, -0.25) is 19.6 Å². The topological polar surface area (TPSA) is 102 Å². The van der Waals surface area contributed by atoms with E-state index in [4.69, 9.17) is 4.74 Å². The molecule has 0 saturated carbocycles. The van der Waals surface area contributed by atoms with Crippen molar-refractivity contribution in [3.8, 4) is 11.5 Å². The molecule has 1 aliphatic heterocycles. The van der Waals surface area contributed by atoms with Gasteiger partial charge in [-0.15, -0.1) is 0 Å². The van der Waals surface area contributed by atoms with Crippen molar-refractivity contribution in [2.24, 2.45) is 0 Å². The molecule has 1 heterocycles. The first kappa shape index (κ1) is 21.7. The zero-order valence-electron chi connectivity index (χ0n) is 16.9. The first-order valence-corrected chi connectivity index (χ1v) is 11.8. The summed E-state index contributed by atoms with van der Waals surface area (Å²) in [4.78, 5) is 23.3. The maximum atomic E-state index is 12.6. The van der Waals surface area contributed by atoms with Crippen LogP contribution in [0.1, 0.15) is 11.1 Å². The molecule has 0 aliphatic carbocycles. The van der Waals surface area contributed by atoms with Gasteiger partial charge in [-0.2, -0.15) is 0 Å². The Morgan fingerprint density at radius 1 is 0.875 bits per heavy atom. The van der Waals surface area contributed by atoms with Gasteiger partial charge in [-0.25, -0.2) is 8.42 Å². The fraction of sp³-hybridized carbons (Fsp3) is 0.0435. The number of sulfonamides is 1.